The predicted octanol–water partition coefficient (Wildman–Crippen LogP) is 2.41. The number of methoxy groups -OCH3 is 1. The Morgan fingerprint density at radius 1 is 1.33 bits per heavy atom. The third kappa shape index (κ3) is 3.13. The van der Waals surface area contributed by atoms with Gasteiger partial charge < -0.3 is 15.4 Å². The average molecular weight is 208 g/mol. The van der Waals surface area contributed by atoms with Crippen molar-refractivity contribution in [2.45, 2.75) is 19.8 Å². The monoisotopic (exact) mass is 208 g/mol. The van der Waals surface area contributed by atoms with E-state index in [1.165, 1.54) is 5.56 Å². The molecular weight excluding hydrogens is 188 g/mol. The first kappa shape index (κ1) is 11.9. The van der Waals surface area contributed by atoms with Gasteiger partial charge in [0.2, 0.25) is 0 Å². The van der Waals surface area contributed by atoms with E-state index in [-0.39, 0.29) is 0 Å². The van der Waals surface area contributed by atoms with Crippen LogP contribution in [0.2, 0.25) is 0 Å². The van der Waals surface area contributed by atoms with Gasteiger partial charge in [-0.15, -0.1) is 0 Å². The lowest BCUT2D eigenvalue weighted by Gasteiger charge is -2.14. The number of benzene rings is 1. The smallest absolute Gasteiger partial charge is 0.142 e. The van der Waals surface area contributed by atoms with Crippen LogP contribution in [-0.4, -0.2) is 20.8 Å². The van der Waals surface area contributed by atoms with Gasteiger partial charge in [0, 0.05) is 0 Å². The van der Waals surface area contributed by atoms with Crippen LogP contribution in [0.4, 0.5) is 5.69 Å². The zero-order chi connectivity index (χ0) is 11.3. The van der Waals surface area contributed by atoms with Crippen molar-refractivity contribution in [1.82, 2.24) is 5.32 Å². The molecule has 2 N–H and O–H groups in total. The van der Waals surface area contributed by atoms with E-state index in [2.05, 4.69) is 36.6 Å². The van der Waals surface area contributed by atoms with Crippen LogP contribution >= 0.6 is 0 Å². The minimum absolute atomic E-state index is 0.533. The van der Waals surface area contributed by atoms with E-state index in [9.17, 15) is 0 Å². The van der Waals surface area contributed by atoms with E-state index in [0.717, 1.165) is 18.1 Å². The van der Waals surface area contributed by atoms with Gasteiger partial charge in [0.05, 0.1) is 19.5 Å². The molecule has 0 saturated heterocycles. The van der Waals surface area contributed by atoms with Crippen molar-refractivity contribution in [2.24, 2.45) is 0 Å². The van der Waals surface area contributed by atoms with Crippen LogP contribution in [-0.2, 0) is 0 Å². The van der Waals surface area contributed by atoms with Crippen LogP contribution in [0.15, 0.2) is 18.2 Å². The van der Waals surface area contributed by atoms with E-state index in [4.69, 9.17) is 4.74 Å². The Morgan fingerprint density at radius 3 is 2.60 bits per heavy atom. The van der Waals surface area contributed by atoms with Crippen LogP contribution in [0.3, 0.4) is 0 Å². The van der Waals surface area contributed by atoms with Crippen molar-refractivity contribution >= 4 is 5.69 Å². The molecule has 0 atom stereocenters. The summed E-state index contributed by atoms with van der Waals surface area (Å²) < 4.78 is 5.29. The lowest BCUT2D eigenvalue weighted by atomic mass is 10.0. The van der Waals surface area contributed by atoms with Gasteiger partial charge in [0.25, 0.3) is 0 Å². The fraction of sp³-hybridized carbons (Fsp3) is 0.500. The van der Waals surface area contributed by atoms with Gasteiger partial charge in [0.15, 0.2) is 0 Å². The third-order valence-corrected chi connectivity index (χ3v) is 2.35. The second kappa shape index (κ2) is 5.61. The van der Waals surface area contributed by atoms with Gasteiger partial charge in [-0.25, -0.2) is 0 Å². The molecule has 84 valence electrons. The summed E-state index contributed by atoms with van der Waals surface area (Å²) in [5.41, 5.74) is 2.35. The minimum atomic E-state index is 0.533. The maximum absolute atomic E-state index is 5.29. The Balaban J connectivity index is 2.91. The molecule has 0 fully saturated rings. The molecule has 1 aromatic carbocycles. The molecule has 1 rings (SSSR count). The number of ether oxygens (including phenoxy) is 1. The van der Waals surface area contributed by atoms with E-state index in [1.807, 2.05) is 13.1 Å². The summed E-state index contributed by atoms with van der Waals surface area (Å²) in [5, 5.41) is 6.32. The highest BCUT2D eigenvalue weighted by atomic mass is 16.5. The van der Waals surface area contributed by atoms with Gasteiger partial charge >= 0.3 is 0 Å². The first-order valence-electron chi connectivity index (χ1n) is 5.25. The summed E-state index contributed by atoms with van der Waals surface area (Å²) in [5.74, 6) is 1.42. The highest BCUT2D eigenvalue weighted by Gasteiger charge is 2.05. The Labute approximate surface area is 91.8 Å². The molecule has 0 aliphatic carbocycles. The van der Waals surface area contributed by atoms with Crippen LogP contribution < -0.4 is 15.4 Å². The lowest BCUT2D eigenvalue weighted by Crippen LogP contribution is -2.17. The fourth-order valence-corrected chi connectivity index (χ4v) is 1.41. The molecule has 0 aliphatic heterocycles. The van der Waals surface area contributed by atoms with E-state index in [1.54, 1.807) is 7.11 Å². The number of hydrogen-bond donors (Lipinski definition) is 2. The summed E-state index contributed by atoms with van der Waals surface area (Å²) >= 11 is 0. The number of anilines is 1. The molecule has 0 aliphatic rings. The molecule has 1 aromatic rings. The molecule has 3 nitrogen and oxygen atoms in total. The first-order chi connectivity index (χ1) is 7.19. The molecule has 0 bridgehead atoms. The summed E-state index contributed by atoms with van der Waals surface area (Å²) in [6.07, 6.45) is 0. The Kier molecular flexibility index (Phi) is 4.43. The van der Waals surface area contributed by atoms with Crippen LogP contribution in [0, 0.1) is 0 Å². The van der Waals surface area contributed by atoms with Crippen molar-refractivity contribution in [3.63, 3.8) is 0 Å². The van der Waals surface area contributed by atoms with Crippen LogP contribution in [0.25, 0.3) is 0 Å². The summed E-state index contributed by atoms with van der Waals surface area (Å²) in [4.78, 5) is 0. The molecule has 0 amide bonds. The lowest BCUT2D eigenvalue weighted by molar-refractivity contribution is 0.416. The van der Waals surface area contributed by atoms with Crippen molar-refractivity contribution in [1.29, 1.82) is 0 Å². The Morgan fingerprint density at radius 2 is 2.07 bits per heavy atom. The molecule has 0 unspecified atom stereocenters. The fourth-order valence-electron chi connectivity index (χ4n) is 1.41. The summed E-state index contributed by atoms with van der Waals surface area (Å²) in [6.45, 7) is 5.10. The predicted molar refractivity (Wildman–Crippen MR) is 64.6 cm³/mol. The standard InChI is InChI=1S/C12H20N2O/c1-9(2)10-5-6-12(15-4)11(7-10)14-8-13-3/h5-7,9,13-14H,8H2,1-4H3. The molecule has 0 spiro atoms. The van der Waals surface area contributed by atoms with Gasteiger partial charge in [0.1, 0.15) is 5.75 Å². The highest BCUT2D eigenvalue weighted by molar-refractivity contribution is 5.58. The van der Waals surface area contributed by atoms with Gasteiger partial charge in [-0.1, -0.05) is 19.9 Å². The molecule has 0 aromatic heterocycles. The largest absolute Gasteiger partial charge is 0.495 e. The normalized spacial score (nSPS) is 10.5. The second-order valence-corrected chi connectivity index (χ2v) is 3.82. The molecule has 0 heterocycles. The van der Waals surface area contributed by atoms with Crippen LogP contribution in [0.1, 0.15) is 25.3 Å². The maximum atomic E-state index is 5.29. The van der Waals surface area contributed by atoms with Crippen molar-refractivity contribution in [2.75, 3.05) is 26.1 Å². The Hall–Kier alpha value is -1.22. The molecule has 0 saturated carbocycles. The SMILES string of the molecule is CNCNc1cc(C(C)C)ccc1OC. The summed E-state index contributed by atoms with van der Waals surface area (Å²) in [6, 6.07) is 6.25. The average Bonchev–Trinajstić information content (AvgIpc) is 2.25. The van der Waals surface area contributed by atoms with Gasteiger partial charge in [-0.05, 0) is 30.7 Å². The molecule has 0 radical (unpaired) electrons. The molecule has 15 heavy (non-hydrogen) atoms. The van der Waals surface area contributed by atoms with E-state index in [0.29, 0.717) is 5.92 Å². The van der Waals surface area contributed by atoms with Gasteiger partial charge in [-0.2, -0.15) is 0 Å². The highest BCUT2D eigenvalue weighted by Crippen LogP contribution is 2.28. The minimum Gasteiger partial charge on any atom is -0.495 e. The maximum Gasteiger partial charge on any atom is 0.142 e. The zero-order valence-corrected chi connectivity index (χ0v) is 9.92. The third-order valence-electron chi connectivity index (χ3n) is 2.35. The van der Waals surface area contributed by atoms with Crippen LogP contribution in [0.5, 0.6) is 5.75 Å². The second-order valence-electron chi connectivity index (χ2n) is 3.82. The molecule has 3 heteroatoms. The van der Waals surface area contributed by atoms with Crippen molar-refractivity contribution in [3.8, 4) is 5.75 Å². The number of nitrogens with one attached hydrogen (secondary N) is 2. The zero-order valence-electron chi connectivity index (χ0n) is 9.92. The quantitative estimate of drug-likeness (QED) is 0.729. The van der Waals surface area contributed by atoms with E-state index >= 15 is 0 Å². The van der Waals surface area contributed by atoms with Gasteiger partial charge in [-0.3, -0.25) is 0 Å². The number of rotatable bonds is 5. The van der Waals surface area contributed by atoms with Crippen molar-refractivity contribution in [3.05, 3.63) is 23.8 Å². The Bertz CT molecular complexity index is 310. The molecular formula is C12H20N2O. The first-order valence-corrected chi connectivity index (χ1v) is 5.25. The summed E-state index contributed by atoms with van der Waals surface area (Å²) in [7, 11) is 3.60. The number of hydrogen-bond acceptors (Lipinski definition) is 3. The van der Waals surface area contributed by atoms with Crippen molar-refractivity contribution < 1.29 is 4.74 Å². The topological polar surface area (TPSA) is 33.3 Å². The van der Waals surface area contributed by atoms with E-state index < -0.39 is 0 Å².